The fourth-order valence-electron chi connectivity index (χ4n) is 2.83. The number of nitrogens with one attached hydrogen (secondary N) is 1. The highest BCUT2D eigenvalue weighted by molar-refractivity contribution is 7.99. The Hall–Kier alpha value is -1.40. The van der Waals surface area contributed by atoms with Gasteiger partial charge in [0.2, 0.25) is 11.8 Å². The van der Waals surface area contributed by atoms with Gasteiger partial charge in [-0.15, -0.1) is 11.8 Å². The number of halogens is 3. The second kappa shape index (κ2) is 11.5. The standard InChI is InChI=1S/C23H27Cl3N2O2S/c1-15(22(30)27-23(2,3)4)28(12-18-19(25)6-5-7-20(18)26)21(29)14-31-13-16-8-10-17(24)11-9-16/h5-11,15H,12-14H2,1-4H3,(H,27,30). The number of nitrogens with zero attached hydrogens (tertiary/aromatic N) is 1. The van der Waals surface area contributed by atoms with Crippen LogP contribution in [0.15, 0.2) is 42.5 Å². The van der Waals surface area contributed by atoms with E-state index in [0.29, 0.717) is 26.4 Å². The first-order valence-electron chi connectivity index (χ1n) is 9.84. The van der Waals surface area contributed by atoms with Crippen LogP contribution in [-0.2, 0) is 21.9 Å². The lowest BCUT2D eigenvalue weighted by Gasteiger charge is -2.32. The lowest BCUT2D eigenvalue weighted by molar-refractivity contribution is -0.139. The van der Waals surface area contributed by atoms with Crippen molar-refractivity contribution in [2.45, 2.75) is 51.6 Å². The van der Waals surface area contributed by atoms with Crippen LogP contribution in [0.3, 0.4) is 0 Å². The van der Waals surface area contributed by atoms with E-state index in [-0.39, 0.29) is 24.1 Å². The second-order valence-electron chi connectivity index (χ2n) is 8.26. The molecule has 0 aliphatic rings. The molecule has 0 radical (unpaired) electrons. The summed E-state index contributed by atoms with van der Waals surface area (Å²) in [6.45, 7) is 7.56. The Kier molecular flexibility index (Phi) is 9.56. The van der Waals surface area contributed by atoms with E-state index in [4.69, 9.17) is 34.8 Å². The fraction of sp³-hybridized carbons (Fsp3) is 0.391. The zero-order chi connectivity index (χ0) is 23.2. The van der Waals surface area contributed by atoms with Crippen LogP contribution in [0.4, 0.5) is 0 Å². The van der Waals surface area contributed by atoms with Crippen molar-refractivity contribution in [1.82, 2.24) is 10.2 Å². The number of carbonyl (C=O) groups excluding carboxylic acids is 2. The van der Waals surface area contributed by atoms with E-state index in [9.17, 15) is 9.59 Å². The van der Waals surface area contributed by atoms with Gasteiger partial charge in [-0.3, -0.25) is 9.59 Å². The topological polar surface area (TPSA) is 49.4 Å². The summed E-state index contributed by atoms with van der Waals surface area (Å²) in [6.07, 6.45) is 0. The van der Waals surface area contributed by atoms with Crippen LogP contribution in [-0.4, -0.2) is 34.0 Å². The van der Waals surface area contributed by atoms with E-state index >= 15 is 0 Å². The third-order valence-electron chi connectivity index (χ3n) is 4.46. The molecular formula is C23H27Cl3N2O2S. The van der Waals surface area contributed by atoms with Gasteiger partial charge in [0.05, 0.1) is 5.75 Å². The second-order valence-corrected chi connectivity index (χ2v) is 10.5. The van der Waals surface area contributed by atoms with Gasteiger partial charge in [-0.25, -0.2) is 0 Å². The quantitative estimate of drug-likeness (QED) is 0.468. The van der Waals surface area contributed by atoms with Crippen LogP contribution in [0.25, 0.3) is 0 Å². The van der Waals surface area contributed by atoms with E-state index in [1.807, 2.05) is 45.0 Å². The average Bonchev–Trinajstić information content (AvgIpc) is 2.67. The van der Waals surface area contributed by atoms with Gasteiger partial charge in [0, 0.05) is 38.5 Å². The molecule has 1 N–H and O–H groups in total. The molecule has 2 aromatic rings. The monoisotopic (exact) mass is 500 g/mol. The highest BCUT2D eigenvalue weighted by Crippen LogP contribution is 2.27. The Morgan fingerprint density at radius 3 is 2.16 bits per heavy atom. The molecule has 0 spiro atoms. The molecule has 0 bridgehead atoms. The minimum absolute atomic E-state index is 0.150. The number of rotatable bonds is 8. The first-order valence-corrected chi connectivity index (χ1v) is 12.1. The number of carbonyl (C=O) groups is 2. The van der Waals surface area contributed by atoms with Crippen LogP contribution < -0.4 is 5.32 Å². The molecule has 0 saturated carbocycles. The summed E-state index contributed by atoms with van der Waals surface area (Å²) >= 11 is 20.1. The van der Waals surface area contributed by atoms with Crippen molar-refractivity contribution in [2.24, 2.45) is 0 Å². The van der Waals surface area contributed by atoms with E-state index < -0.39 is 11.6 Å². The number of benzene rings is 2. The molecule has 0 aliphatic heterocycles. The van der Waals surface area contributed by atoms with Gasteiger partial charge in [0.1, 0.15) is 6.04 Å². The Morgan fingerprint density at radius 1 is 1.03 bits per heavy atom. The van der Waals surface area contributed by atoms with Gasteiger partial charge in [-0.2, -0.15) is 0 Å². The summed E-state index contributed by atoms with van der Waals surface area (Å²) in [5.41, 5.74) is 1.28. The fourth-order valence-corrected chi connectivity index (χ4v) is 4.34. The van der Waals surface area contributed by atoms with Crippen molar-refractivity contribution < 1.29 is 9.59 Å². The smallest absolute Gasteiger partial charge is 0.242 e. The zero-order valence-corrected chi connectivity index (χ0v) is 21.1. The Bertz CT molecular complexity index is 894. The van der Waals surface area contributed by atoms with E-state index in [1.165, 1.54) is 16.7 Å². The van der Waals surface area contributed by atoms with Crippen molar-refractivity contribution >= 4 is 58.4 Å². The largest absolute Gasteiger partial charge is 0.350 e. The number of hydrogen-bond donors (Lipinski definition) is 1. The SMILES string of the molecule is CC(C(=O)NC(C)(C)C)N(Cc1c(Cl)cccc1Cl)C(=O)CSCc1ccc(Cl)cc1. The minimum Gasteiger partial charge on any atom is -0.350 e. The lowest BCUT2D eigenvalue weighted by Crippen LogP contribution is -2.52. The van der Waals surface area contributed by atoms with Crippen molar-refractivity contribution in [3.8, 4) is 0 Å². The maximum Gasteiger partial charge on any atom is 0.242 e. The molecule has 2 aromatic carbocycles. The van der Waals surface area contributed by atoms with Crippen molar-refractivity contribution in [2.75, 3.05) is 5.75 Å². The molecule has 4 nitrogen and oxygen atoms in total. The third kappa shape index (κ3) is 8.23. The molecule has 31 heavy (non-hydrogen) atoms. The van der Waals surface area contributed by atoms with Crippen LogP contribution in [0.1, 0.15) is 38.8 Å². The first-order chi connectivity index (χ1) is 14.5. The Morgan fingerprint density at radius 2 is 1.61 bits per heavy atom. The molecule has 0 aliphatic carbocycles. The molecular weight excluding hydrogens is 475 g/mol. The number of thioether (sulfide) groups is 1. The number of amides is 2. The van der Waals surface area contributed by atoms with E-state index in [2.05, 4.69) is 5.32 Å². The number of hydrogen-bond acceptors (Lipinski definition) is 3. The molecule has 0 saturated heterocycles. The van der Waals surface area contributed by atoms with E-state index in [1.54, 1.807) is 25.1 Å². The van der Waals surface area contributed by atoms with Gasteiger partial charge in [-0.05, 0) is 57.5 Å². The summed E-state index contributed by atoms with van der Waals surface area (Å²) in [7, 11) is 0. The van der Waals surface area contributed by atoms with Crippen molar-refractivity contribution in [3.63, 3.8) is 0 Å². The molecule has 168 valence electrons. The summed E-state index contributed by atoms with van der Waals surface area (Å²) in [5.74, 6) is 0.488. The Labute approximate surface area is 203 Å². The van der Waals surface area contributed by atoms with Crippen LogP contribution in [0.2, 0.25) is 15.1 Å². The molecule has 0 heterocycles. The van der Waals surface area contributed by atoms with Crippen molar-refractivity contribution in [1.29, 1.82) is 0 Å². The van der Waals surface area contributed by atoms with Crippen LogP contribution in [0, 0.1) is 0 Å². The van der Waals surface area contributed by atoms with Gasteiger partial charge in [-0.1, -0.05) is 53.0 Å². The minimum atomic E-state index is -0.685. The summed E-state index contributed by atoms with van der Waals surface area (Å²) in [5, 5.41) is 4.53. The molecule has 2 rings (SSSR count). The zero-order valence-electron chi connectivity index (χ0n) is 18.0. The highest BCUT2D eigenvalue weighted by atomic mass is 35.5. The maximum absolute atomic E-state index is 13.1. The summed E-state index contributed by atoms with van der Waals surface area (Å²) in [4.78, 5) is 27.5. The Balaban J connectivity index is 2.16. The molecule has 2 amide bonds. The third-order valence-corrected chi connectivity index (χ3v) is 6.41. The molecule has 1 atom stereocenters. The molecule has 0 aromatic heterocycles. The van der Waals surface area contributed by atoms with Gasteiger partial charge in [0.25, 0.3) is 0 Å². The summed E-state index contributed by atoms with van der Waals surface area (Å²) in [6, 6.07) is 12.0. The summed E-state index contributed by atoms with van der Waals surface area (Å²) < 4.78 is 0. The van der Waals surface area contributed by atoms with Crippen LogP contribution >= 0.6 is 46.6 Å². The van der Waals surface area contributed by atoms with Gasteiger partial charge in [0.15, 0.2) is 0 Å². The normalized spacial score (nSPS) is 12.4. The lowest BCUT2D eigenvalue weighted by atomic mass is 10.1. The molecule has 1 unspecified atom stereocenters. The van der Waals surface area contributed by atoms with Gasteiger partial charge < -0.3 is 10.2 Å². The van der Waals surface area contributed by atoms with E-state index in [0.717, 1.165) is 5.56 Å². The van der Waals surface area contributed by atoms with Crippen molar-refractivity contribution in [3.05, 3.63) is 68.7 Å². The highest BCUT2D eigenvalue weighted by Gasteiger charge is 2.29. The molecule has 8 heteroatoms. The van der Waals surface area contributed by atoms with Crippen LogP contribution in [0.5, 0.6) is 0 Å². The predicted molar refractivity (Wildman–Crippen MR) is 132 cm³/mol. The predicted octanol–water partition coefficient (Wildman–Crippen LogP) is 6.21. The molecule has 0 fully saturated rings. The van der Waals surface area contributed by atoms with Gasteiger partial charge >= 0.3 is 0 Å². The first kappa shape index (κ1) is 25.9. The maximum atomic E-state index is 13.1. The average molecular weight is 502 g/mol.